The highest BCUT2D eigenvalue weighted by Gasteiger charge is 2.31. The van der Waals surface area contributed by atoms with Crippen LogP contribution in [-0.4, -0.2) is 50.7 Å². The van der Waals surface area contributed by atoms with Crippen molar-refractivity contribution in [1.82, 2.24) is 25.1 Å². The lowest BCUT2D eigenvalue weighted by atomic mass is 10.1. The van der Waals surface area contributed by atoms with Crippen LogP contribution < -0.4 is 0 Å². The van der Waals surface area contributed by atoms with Gasteiger partial charge in [-0.25, -0.2) is 9.97 Å². The number of oxazole rings is 1. The van der Waals surface area contributed by atoms with E-state index in [9.17, 15) is 4.79 Å². The number of rotatable bonds is 4. The van der Waals surface area contributed by atoms with Crippen LogP contribution in [0.15, 0.2) is 10.8 Å². The predicted molar refractivity (Wildman–Crippen MR) is 85.7 cm³/mol. The zero-order valence-corrected chi connectivity index (χ0v) is 14.4. The van der Waals surface area contributed by atoms with E-state index in [0.717, 1.165) is 5.82 Å². The second-order valence-corrected chi connectivity index (χ2v) is 6.56. The van der Waals surface area contributed by atoms with E-state index in [4.69, 9.17) is 9.15 Å². The molecule has 0 spiro atoms. The number of ether oxygens (including phenoxy) is 1. The lowest BCUT2D eigenvalue weighted by Crippen LogP contribution is -2.43. The van der Waals surface area contributed by atoms with E-state index in [0.29, 0.717) is 37.0 Å². The second kappa shape index (κ2) is 6.72. The Morgan fingerprint density at radius 1 is 1.33 bits per heavy atom. The summed E-state index contributed by atoms with van der Waals surface area (Å²) >= 11 is 0. The van der Waals surface area contributed by atoms with E-state index in [1.165, 1.54) is 6.39 Å². The molecule has 1 amide bonds. The average molecular weight is 333 g/mol. The number of carbonyl (C=O) groups excluding carboxylic acids is 1. The lowest BCUT2D eigenvalue weighted by Gasteiger charge is -2.31. The molecule has 3 heterocycles. The first-order valence-electron chi connectivity index (χ1n) is 8.23. The number of morpholine rings is 1. The van der Waals surface area contributed by atoms with Gasteiger partial charge in [0.2, 0.25) is 0 Å². The molecule has 0 radical (unpaired) electrons. The molecule has 1 unspecified atom stereocenters. The largest absolute Gasteiger partial charge is 0.447 e. The predicted octanol–water partition coefficient (Wildman–Crippen LogP) is 2.25. The molecule has 24 heavy (non-hydrogen) atoms. The van der Waals surface area contributed by atoms with Crippen molar-refractivity contribution in [3.05, 3.63) is 29.5 Å². The van der Waals surface area contributed by atoms with Crippen LogP contribution in [0, 0.1) is 0 Å². The Kier molecular flexibility index (Phi) is 4.66. The molecule has 0 aromatic carbocycles. The second-order valence-electron chi connectivity index (χ2n) is 6.56. The molecule has 1 atom stereocenters. The molecule has 1 aliphatic heterocycles. The van der Waals surface area contributed by atoms with Crippen molar-refractivity contribution in [3.63, 3.8) is 0 Å². The Hall–Kier alpha value is -2.22. The van der Waals surface area contributed by atoms with Gasteiger partial charge in [-0.2, -0.15) is 5.10 Å². The number of aromatic nitrogens is 4. The molecular weight excluding hydrogens is 310 g/mol. The molecule has 130 valence electrons. The maximum absolute atomic E-state index is 12.8. The highest BCUT2D eigenvalue weighted by molar-refractivity contribution is 5.93. The SMILES string of the molecule is CC(C)c1n[nH]c(C2CN(C(=O)c3ncoc3C(C)C)CCO2)n1. The first kappa shape index (κ1) is 16.6. The van der Waals surface area contributed by atoms with Gasteiger partial charge in [-0.05, 0) is 0 Å². The molecule has 1 aliphatic rings. The normalized spacial score (nSPS) is 18.6. The topological polar surface area (TPSA) is 97.1 Å². The van der Waals surface area contributed by atoms with E-state index in [-0.39, 0.29) is 23.8 Å². The maximum atomic E-state index is 12.8. The van der Waals surface area contributed by atoms with E-state index in [1.54, 1.807) is 4.90 Å². The van der Waals surface area contributed by atoms with Crippen molar-refractivity contribution in [2.75, 3.05) is 19.7 Å². The van der Waals surface area contributed by atoms with Crippen LogP contribution >= 0.6 is 0 Å². The maximum Gasteiger partial charge on any atom is 0.276 e. The molecule has 3 rings (SSSR count). The number of nitrogens with zero attached hydrogens (tertiary/aromatic N) is 4. The number of nitrogens with one attached hydrogen (secondary N) is 1. The van der Waals surface area contributed by atoms with Crippen LogP contribution in [0.5, 0.6) is 0 Å². The van der Waals surface area contributed by atoms with Crippen LogP contribution in [0.2, 0.25) is 0 Å². The zero-order valence-electron chi connectivity index (χ0n) is 14.4. The Labute approximate surface area is 140 Å². The summed E-state index contributed by atoms with van der Waals surface area (Å²) in [6, 6.07) is 0. The minimum absolute atomic E-state index is 0.103. The van der Waals surface area contributed by atoms with Gasteiger partial charge in [0.25, 0.3) is 5.91 Å². The summed E-state index contributed by atoms with van der Waals surface area (Å²) in [5, 5.41) is 7.12. The van der Waals surface area contributed by atoms with Gasteiger partial charge in [0, 0.05) is 18.4 Å². The number of hydrogen-bond donors (Lipinski definition) is 1. The van der Waals surface area contributed by atoms with Crippen LogP contribution in [-0.2, 0) is 4.74 Å². The van der Waals surface area contributed by atoms with Crippen molar-refractivity contribution in [2.45, 2.75) is 45.6 Å². The number of aromatic amines is 1. The number of carbonyl (C=O) groups is 1. The smallest absolute Gasteiger partial charge is 0.276 e. The summed E-state index contributed by atoms with van der Waals surface area (Å²) in [5.74, 6) is 2.22. The third-order valence-corrected chi connectivity index (χ3v) is 4.02. The van der Waals surface area contributed by atoms with Crippen LogP contribution in [0.25, 0.3) is 0 Å². The van der Waals surface area contributed by atoms with Gasteiger partial charge in [0.05, 0.1) is 13.2 Å². The van der Waals surface area contributed by atoms with Gasteiger partial charge in [-0.15, -0.1) is 0 Å². The molecule has 2 aromatic heterocycles. The molecule has 1 N–H and O–H groups in total. The Balaban J connectivity index is 1.75. The fourth-order valence-electron chi connectivity index (χ4n) is 2.66. The lowest BCUT2D eigenvalue weighted by molar-refractivity contribution is -0.0269. The highest BCUT2D eigenvalue weighted by atomic mass is 16.5. The summed E-state index contributed by atoms with van der Waals surface area (Å²) in [7, 11) is 0. The summed E-state index contributed by atoms with van der Waals surface area (Å²) in [6.45, 7) is 9.39. The molecule has 8 nitrogen and oxygen atoms in total. The van der Waals surface area contributed by atoms with Gasteiger partial charge in [0.1, 0.15) is 11.9 Å². The summed E-state index contributed by atoms with van der Waals surface area (Å²) in [6.07, 6.45) is 1.02. The Morgan fingerprint density at radius 2 is 2.12 bits per heavy atom. The average Bonchev–Trinajstić information content (AvgIpc) is 3.23. The molecule has 1 saturated heterocycles. The van der Waals surface area contributed by atoms with E-state index in [2.05, 4.69) is 20.2 Å². The quantitative estimate of drug-likeness (QED) is 0.921. The standard InChI is InChI=1S/C16H23N5O3/c1-9(2)13-12(17-8-24-13)16(22)21-5-6-23-11(7-21)15-18-14(10(3)4)19-20-15/h8-11H,5-7H2,1-4H3,(H,18,19,20). The first-order valence-corrected chi connectivity index (χ1v) is 8.23. The summed E-state index contributed by atoms with van der Waals surface area (Å²) in [4.78, 5) is 23.1. The Morgan fingerprint density at radius 3 is 2.79 bits per heavy atom. The van der Waals surface area contributed by atoms with E-state index >= 15 is 0 Å². The van der Waals surface area contributed by atoms with Crippen molar-refractivity contribution >= 4 is 5.91 Å². The highest BCUT2D eigenvalue weighted by Crippen LogP contribution is 2.24. The first-order chi connectivity index (χ1) is 11.5. The minimum atomic E-state index is -0.308. The minimum Gasteiger partial charge on any atom is -0.447 e. The fraction of sp³-hybridized carbons (Fsp3) is 0.625. The van der Waals surface area contributed by atoms with Gasteiger partial charge in [-0.1, -0.05) is 27.7 Å². The number of amides is 1. The molecule has 2 aromatic rings. The van der Waals surface area contributed by atoms with E-state index < -0.39 is 0 Å². The summed E-state index contributed by atoms with van der Waals surface area (Å²) in [5.41, 5.74) is 0.381. The van der Waals surface area contributed by atoms with Crippen LogP contribution in [0.1, 0.15) is 73.5 Å². The molecule has 0 saturated carbocycles. The van der Waals surface area contributed by atoms with Crippen molar-refractivity contribution < 1.29 is 13.9 Å². The van der Waals surface area contributed by atoms with Gasteiger partial charge in [0.15, 0.2) is 23.7 Å². The molecule has 0 bridgehead atoms. The number of H-pyrrole nitrogens is 1. The molecule has 1 fully saturated rings. The fourth-order valence-corrected chi connectivity index (χ4v) is 2.66. The van der Waals surface area contributed by atoms with Crippen molar-refractivity contribution in [3.8, 4) is 0 Å². The van der Waals surface area contributed by atoms with Crippen LogP contribution in [0.3, 0.4) is 0 Å². The third kappa shape index (κ3) is 3.19. The summed E-state index contributed by atoms with van der Waals surface area (Å²) < 4.78 is 11.1. The number of hydrogen-bond acceptors (Lipinski definition) is 6. The monoisotopic (exact) mass is 333 g/mol. The van der Waals surface area contributed by atoms with Crippen molar-refractivity contribution in [1.29, 1.82) is 0 Å². The molecule has 8 heteroatoms. The molecular formula is C16H23N5O3. The van der Waals surface area contributed by atoms with Gasteiger partial charge in [-0.3, -0.25) is 9.89 Å². The van der Waals surface area contributed by atoms with Gasteiger partial charge < -0.3 is 14.1 Å². The Bertz CT molecular complexity index is 706. The third-order valence-electron chi connectivity index (χ3n) is 4.02. The molecule has 0 aliphatic carbocycles. The van der Waals surface area contributed by atoms with Gasteiger partial charge >= 0.3 is 0 Å². The zero-order chi connectivity index (χ0) is 17.3. The van der Waals surface area contributed by atoms with Crippen molar-refractivity contribution in [2.24, 2.45) is 0 Å². The van der Waals surface area contributed by atoms with E-state index in [1.807, 2.05) is 27.7 Å². The van der Waals surface area contributed by atoms with Crippen LogP contribution in [0.4, 0.5) is 0 Å².